The van der Waals surface area contributed by atoms with Crippen LogP contribution in [0, 0.1) is 5.92 Å². The lowest BCUT2D eigenvalue weighted by atomic mass is 10.2. The first-order chi connectivity index (χ1) is 5.07. The SMILES string of the molecule is CC(=O)NC[C@@H](CS)C(=O)O. The van der Waals surface area contributed by atoms with E-state index in [0.29, 0.717) is 0 Å². The number of thiol groups is 1. The minimum Gasteiger partial charge on any atom is -0.481 e. The van der Waals surface area contributed by atoms with Gasteiger partial charge in [-0.05, 0) is 0 Å². The van der Waals surface area contributed by atoms with Gasteiger partial charge in [-0.1, -0.05) is 0 Å². The van der Waals surface area contributed by atoms with E-state index in [4.69, 9.17) is 5.11 Å². The third-order valence-electron chi connectivity index (χ3n) is 1.17. The van der Waals surface area contributed by atoms with Gasteiger partial charge in [0.2, 0.25) is 5.91 Å². The van der Waals surface area contributed by atoms with Gasteiger partial charge in [0, 0.05) is 19.2 Å². The van der Waals surface area contributed by atoms with Crippen LogP contribution in [0.2, 0.25) is 0 Å². The monoisotopic (exact) mass is 177 g/mol. The molecule has 0 rings (SSSR count). The summed E-state index contributed by atoms with van der Waals surface area (Å²) in [6, 6.07) is 0. The van der Waals surface area contributed by atoms with Crippen LogP contribution in [0.1, 0.15) is 6.92 Å². The van der Waals surface area contributed by atoms with Gasteiger partial charge in [-0.3, -0.25) is 9.59 Å². The molecule has 0 aromatic rings. The van der Waals surface area contributed by atoms with E-state index in [0.717, 1.165) is 0 Å². The first-order valence-corrected chi connectivity index (χ1v) is 3.79. The Hall–Kier alpha value is -0.710. The van der Waals surface area contributed by atoms with E-state index in [9.17, 15) is 9.59 Å². The molecule has 1 amide bonds. The molecule has 0 aliphatic carbocycles. The Morgan fingerprint density at radius 1 is 1.64 bits per heavy atom. The first-order valence-electron chi connectivity index (χ1n) is 3.16. The Labute approximate surface area is 70.4 Å². The molecule has 5 heteroatoms. The minimum absolute atomic E-state index is 0.147. The van der Waals surface area contributed by atoms with E-state index in [-0.39, 0.29) is 18.2 Å². The molecule has 0 radical (unpaired) electrons. The summed E-state index contributed by atoms with van der Waals surface area (Å²) >= 11 is 3.83. The second-order valence-corrected chi connectivity index (χ2v) is 2.52. The number of hydrogen-bond donors (Lipinski definition) is 3. The molecule has 0 aliphatic heterocycles. The van der Waals surface area contributed by atoms with E-state index in [1.54, 1.807) is 0 Å². The van der Waals surface area contributed by atoms with Crippen molar-refractivity contribution in [2.45, 2.75) is 6.92 Å². The third kappa shape index (κ3) is 4.66. The summed E-state index contributed by atoms with van der Waals surface area (Å²) in [5.74, 6) is -1.52. The highest BCUT2D eigenvalue weighted by atomic mass is 32.1. The van der Waals surface area contributed by atoms with Crippen molar-refractivity contribution in [3.8, 4) is 0 Å². The standard InChI is InChI=1S/C6H11NO3S/c1-4(8)7-2-5(3-11)6(9)10/h5,11H,2-3H2,1H3,(H,7,8)(H,9,10)/t5-/m0/s1. The molecule has 64 valence electrons. The van der Waals surface area contributed by atoms with Gasteiger partial charge < -0.3 is 10.4 Å². The van der Waals surface area contributed by atoms with E-state index < -0.39 is 11.9 Å². The minimum atomic E-state index is -0.936. The number of carbonyl (C=O) groups is 2. The second-order valence-electron chi connectivity index (χ2n) is 2.15. The van der Waals surface area contributed by atoms with E-state index in [1.165, 1.54) is 6.92 Å². The highest BCUT2D eigenvalue weighted by Gasteiger charge is 2.14. The van der Waals surface area contributed by atoms with Gasteiger partial charge in [-0.25, -0.2) is 0 Å². The molecule has 1 atom stereocenters. The van der Waals surface area contributed by atoms with Crippen LogP contribution < -0.4 is 5.32 Å². The Kier molecular flexibility index (Phi) is 4.69. The number of carboxylic acids is 1. The van der Waals surface area contributed by atoms with Crippen molar-refractivity contribution in [1.29, 1.82) is 0 Å². The maximum Gasteiger partial charge on any atom is 0.309 e. The lowest BCUT2D eigenvalue weighted by Gasteiger charge is -2.08. The summed E-state index contributed by atoms with van der Waals surface area (Å²) in [6.07, 6.45) is 0. The molecule has 0 aromatic carbocycles. The number of nitrogens with one attached hydrogen (secondary N) is 1. The van der Waals surface area contributed by atoms with Crippen LogP contribution in [0.15, 0.2) is 0 Å². The van der Waals surface area contributed by atoms with Crippen molar-refractivity contribution >= 4 is 24.5 Å². The Morgan fingerprint density at radius 2 is 2.18 bits per heavy atom. The summed E-state index contributed by atoms with van der Waals surface area (Å²) in [5, 5.41) is 10.9. The molecule has 0 heterocycles. The average Bonchev–Trinajstić information content (AvgIpc) is 1.87. The Balaban J connectivity index is 3.70. The zero-order chi connectivity index (χ0) is 8.85. The second kappa shape index (κ2) is 5.01. The molecule has 0 spiro atoms. The van der Waals surface area contributed by atoms with Gasteiger partial charge in [0.1, 0.15) is 0 Å². The van der Waals surface area contributed by atoms with Crippen molar-refractivity contribution in [3.05, 3.63) is 0 Å². The van der Waals surface area contributed by atoms with Crippen LogP contribution >= 0.6 is 12.6 Å². The molecule has 0 saturated carbocycles. The van der Waals surface area contributed by atoms with Crippen LogP contribution in [-0.2, 0) is 9.59 Å². The highest BCUT2D eigenvalue weighted by Crippen LogP contribution is 1.96. The average molecular weight is 177 g/mol. The summed E-state index contributed by atoms with van der Waals surface area (Å²) in [6.45, 7) is 1.49. The van der Waals surface area contributed by atoms with Crippen molar-refractivity contribution in [3.63, 3.8) is 0 Å². The quantitative estimate of drug-likeness (QED) is 0.519. The summed E-state index contributed by atoms with van der Waals surface area (Å²) in [4.78, 5) is 20.7. The smallest absolute Gasteiger partial charge is 0.309 e. The Bertz CT molecular complexity index is 160. The van der Waals surface area contributed by atoms with Crippen LogP contribution in [0.25, 0.3) is 0 Å². The van der Waals surface area contributed by atoms with E-state index in [1.807, 2.05) is 0 Å². The number of aliphatic carboxylic acids is 1. The summed E-state index contributed by atoms with van der Waals surface area (Å²) in [7, 11) is 0. The van der Waals surface area contributed by atoms with Gasteiger partial charge in [-0.15, -0.1) is 0 Å². The molecule has 0 aliphatic rings. The third-order valence-corrected chi connectivity index (χ3v) is 1.61. The molecule has 11 heavy (non-hydrogen) atoms. The van der Waals surface area contributed by atoms with Gasteiger partial charge >= 0.3 is 5.97 Å². The zero-order valence-electron chi connectivity index (χ0n) is 6.20. The van der Waals surface area contributed by atoms with Gasteiger partial charge in [0.15, 0.2) is 0 Å². The fourth-order valence-electron chi connectivity index (χ4n) is 0.497. The lowest BCUT2D eigenvalue weighted by Crippen LogP contribution is -2.32. The maximum atomic E-state index is 10.4. The fraction of sp³-hybridized carbons (Fsp3) is 0.667. The van der Waals surface area contributed by atoms with Crippen molar-refractivity contribution in [2.75, 3.05) is 12.3 Å². The largest absolute Gasteiger partial charge is 0.481 e. The number of hydrogen-bond acceptors (Lipinski definition) is 3. The van der Waals surface area contributed by atoms with Crippen molar-refractivity contribution < 1.29 is 14.7 Å². The maximum absolute atomic E-state index is 10.4. The van der Waals surface area contributed by atoms with Gasteiger partial charge in [0.25, 0.3) is 0 Å². The number of rotatable bonds is 4. The summed E-state index contributed by atoms with van der Waals surface area (Å²) in [5.41, 5.74) is 0. The number of amides is 1. The zero-order valence-corrected chi connectivity index (χ0v) is 7.10. The number of carbonyl (C=O) groups excluding carboxylic acids is 1. The molecular weight excluding hydrogens is 166 g/mol. The molecule has 0 unspecified atom stereocenters. The Morgan fingerprint density at radius 3 is 2.45 bits per heavy atom. The van der Waals surface area contributed by atoms with Crippen LogP contribution in [0.3, 0.4) is 0 Å². The fourth-order valence-corrected chi connectivity index (χ4v) is 0.782. The first kappa shape index (κ1) is 10.3. The molecule has 0 aromatic heterocycles. The van der Waals surface area contributed by atoms with E-state index in [2.05, 4.69) is 17.9 Å². The molecule has 0 saturated heterocycles. The topological polar surface area (TPSA) is 66.4 Å². The van der Waals surface area contributed by atoms with E-state index >= 15 is 0 Å². The van der Waals surface area contributed by atoms with Crippen molar-refractivity contribution in [2.24, 2.45) is 5.92 Å². The summed E-state index contributed by atoms with van der Waals surface area (Å²) < 4.78 is 0. The molecular formula is C6H11NO3S. The number of carboxylic acid groups (broad SMARTS) is 1. The van der Waals surface area contributed by atoms with Crippen LogP contribution in [0.5, 0.6) is 0 Å². The molecule has 0 bridgehead atoms. The molecule has 4 nitrogen and oxygen atoms in total. The van der Waals surface area contributed by atoms with Crippen LogP contribution in [0.4, 0.5) is 0 Å². The van der Waals surface area contributed by atoms with Crippen LogP contribution in [-0.4, -0.2) is 29.3 Å². The predicted octanol–water partition coefficient (Wildman–Crippen LogP) is -0.247. The highest BCUT2D eigenvalue weighted by molar-refractivity contribution is 7.80. The normalized spacial score (nSPS) is 12.2. The van der Waals surface area contributed by atoms with Crippen molar-refractivity contribution in [1.82, 2.24) is 5.32 Å². The van der Waals surface area contributed by atoms with Gasteiger partial charge in [0.05, 0.1) is 5.92 Å². The predicted molar refractivity (Wildman–Crippen MR) is 43.7 cm³/mol. The lowest BCUT2D eigenvalue weighted by molar-refractivity contribution is -0.140. The van der Waals surface area contributed by atoms with Gasteiger partial charge in [-0.2, -0.15) is 12.6 Å². The molecule has 2 N–H and O–H groups in total. The molecule has 0 fully saturated rings.